The normalized spacial score (nSPS) is 14.3. The SMILES string of the molecule is CC(C[C@H](OC(N)=O)C(C)(C)C)C(=O)c1ccc(F)cc1. The number of ether oxygens (including phenoxy) is 1. The Hall–Kier alpha value is -1.91. The number of hydrogen-bond acceptors (Lipinski definition) is 3. The highest BCUT2D eigenvalue weighted by Gasteiger charge is 2.31. The minimum Gasteiger partial charge on any atom is -0.446 e. The molecule has 0 saturated heterocycles. The maximum Gasteiger partial charge on any atom is 0.404 e. The first-order valence-corrected chi connectivity index (χ1v) is 6.87. The van der Waals surface area contributed by atoms with Gasteiger partial charge in [0.2, 0.25) is 0 Å². The number of halogens is 1. The zero-order valence-electron chi connectivity index (χ0n) is 12.9. The maximum atomic E-state index is 12.9. The van der Waals surface area contributed by atoms with Crippen LogP contribution >= 0.6 is 0 Å². The molecule has 0 saturated carbocycles. The summed E-state index contributed by atoms with van der Waals surface area (Å²) in [6.07, 6.45) is -0.950. The van der Waals surface area contributed by atoms with E-state index in [1.807, 2.05) is 20.8 Å². The lowest BCUT2D eigenvalue weighted by Crippen LogP contribution is -2.36. The molecule has 0 aliphatic rings. The Morgan fingerprint density at radius 1 is 1.24 bits per heavy atom. The van der Waals surface area contributed by atoms with Crippen LogP contribution in [0.2, 0.25) is 0 Å². The molecule has 1 aromatic carbocycles. The zero-order valence-corrected chi connectivity index (χ0v) is 12.9. The van der Waals surface area contributed by atoms with Crippen molar-refractivity contribution in [3.63, 3.8) is 0 Å². The lowest BCUT2D eigenvalue weighted by Gasteiger charge is -2.31. The minimum absolute atomic E-state index is 0.114. The molecule has 0 bridgehead atoms. The van der Waals surface area contributed by atoms with E-state index < -0.39 is 12.2 Å². The fourth-order valence-corrected chi connectivity index (χ4v) is 2.05. The Morgan fingerprint density at radius 3 is 2.19 bits per heavy atom. The van der Waals surface area contributed by atoms with E-state index in [9.17, 15) is 14.0 Å². The second-order valence-corrected chi connectivity index (χ2v) is 6.30. The molecule has 0 aliphatic heterocycles. The zero-order chi connectivity index (χ0) is 16.2. The first-order valence-electron chi connectivity index (χ1n) is 6.87. The van der Waals surface area contributed by atoms with E-state index >= 15 is 0 Å². The summed E-state index contributed by atoms with van der Waals surface area (Å²) in [5.41, 5.74) is 5.20. The van der Waals surface area contributed by atoms with Gasteiger partial charge in [-0.3, -0.25) is 4.79 Å². The first kappa shape index (κ1) is 17.1. The lowest BCUT2D eigenvalue weighted by molar-refractivity contribution is 0.0219. The Morgan fingerprint density at radius 2 is 1.76 bits per heavy atom. The second-order valence-electron chi connectivity index (χ2n) is 6.30. The highest BCUT2D eigenvalue weighted by atomic mass is 19.1. The molecule has 2 atom stereocenters. The van der Waals surface area contributed by atoms with Crippen LogP contribution in [0.1, 0.15) is 44.5 Å². The number of hydrogen-bond donors (Lipinski definition) is 1. The molecule has 21 heavy (non-hydrogen) atoms. The van der Waals surface area contributed by atoms with Crippen LogP contribution in [0.4, 0.5) is 9.18 Å². The van der Waals surface area contributed by atoms with Crippen LogP contribution < -0.4 is 5.73 Å². The van der Waals surface area contributed by atoms with Crippen molar-refractivity contribution in [2.24, 2.45) is 17.1 Å². The summed E-state index contributed by atoms with van der Waals surface area (Å²) in [6, 6.07) is 5.41. The highest BCUT2D eigenvalue weighted by molar-refractivity contribution is 5.97. The number of nitrogens with two attached hydrogens (primary N) is 1. The van der Waals surface area contributed by atoms with Crippen molar-refractivity contribution in [1.82, 2.24) is 0 Å². The monoisotopic (exact) mass is 295 g/mol. The third kappa shape index (κ3) is 5.17. The van der Waals surface area contributed by atoms with E-state index in [0.29, 0.717) is 12.0 Å². The fourth-order valence-electron chi connectivity index (χ4n) is 2.05. The van der Waals surface area contributed by atoms with Gasteiger partial charge in [-0.05, 0) is 36.1 Å². The van der Waals surface area contributed by atoms with Crippen LogP contribution in [-0.4, -0.2) is 18.0 Å². The molecule has 1 rings (SSSR count). The number of benzene rings is 1. The van der Waals surface area contributed by atoms with E-state index in [4.69, 9.17) is 10.5 Å². The van der Waals surface area contributed by atoms with Crippen molar-refractivity contribution in [2.45, 2.75) is 40.2 Å². The maximum absolute atomic E-state index is 12.9. The number of carbonyl (C=O) groups excluding carboxylic acids is 2. The van der Waals surface area contributed by atoms with Gasteiger partial charge in [-0.25, -0.2) is 9.18 Å². The predicted molar refractivity (Wildman–Crippen MR) is 78.4 cm³/mol. The second kappa shape index (κ2) is 6.70. The molecule has 4 nitrogen and oxygen atoms in total. The van der Waals surface area contributed by atoms with Gasteiger partial charge in [-0.2, -0.15) is 0 Å². The van der Waals surface area contributed by atoms with Crippen molar-refractivity contribution in [2.75, 3.05) is 0 Å². The topological polar surface area (TPSA) is 69.4 Å². The molecule has 0 heterocycles. The molecular formula is C16H22FNO3. The first-order chi connectivity index (χ1) is 9.61. The van der Waals surface area contributed by atoms with E-state index in [1.54, 1.807) is 6.92 Å². The quantitative estimate of drug-likeness (QED) is 0.845. The number of primary amides is 1. The third-order valence-corrected chi connectivity index (χ3v) is 3.37. The molecule has 2 N–H and O–H groups in total. The Labute approximate surface area is 124 Å². The highest BCUT2D eigenvalue weighted by Crippen LogP contribution is 2.29. The van der Waals surface area contributed by atoms with Crippen LogP contribution in [0.25, 0.3) is 0 Å². The number of rotatable bonds is 5. The van der Waals surface area contributed by atoms with Crippen LogP contribution in [0.5, 0.6) is 0 Å². The molecule has 1 amide bonds. The number of ketones is 1. The van der Waals surface area contributed by atoms with E-state index in [1.165, 1.54) is 24.3 Å². The van der Waals surface area contributed by atoms with Crippen LogP contribution in [0.3, 0.4) is 0 Å². The molecule has 116 valence electrons. The fraction of sp³-hybridized carbons (Fsp3) is 0.500. The summed E-state index contributed by atoms with van der Waals surface area (Å²) < 4.78 is 18.0. The average molecular weight is 295 g/mol. The third-order valence-electron chi connectivity index (χ3n) is 3.37. The summed E-state index contributed by atoms with van der Waals surface area (Å²) in [5.74, 6) is -0.861. The molecule has 0 radical (unpaired) electrons. The number of carbonyl (C=O) groups is 2. The molecule has 0 aromatic heterocycles. The summed E-state index contributed by atoms with van der Waals surface area (Å²) in [6.45, 7) is 7.50. The van der Waals surface area contributed by atoms with E-state index in [2.05, 4.69) is 0 Å². The minimum atomic E-state index is -0.851. The van der Waals surface area contributed by atoms with Gasteiger partial charge in [0, 0.05) is 11.5 Å². The van der Waals surface area contributed by atoms with Crippen molar-refractivity contribution in [3.05, 3.63) is 35.6 Å². The molecule has 5 heteroatoms. The summed E-state index contributed by atoms with van der Waals surface area (Å²) in [4.78, 5) is 23.3. The molecule has 1 aromatic rings. The Balaban J connectivity index is 2.81. The Kier molecular flexibility index (Phi) is 5.47. The van der Waals surface area contributed by atoms with Gasteiger partial charge in [0.1, 0.15) is 11.9 Å². The van der Waals surface area contributed by atoms with Crippen LogP contribution in [-0.2, 0) is 4.74 Å². The van der Waals surface area contributed by atoms with Gasteiger partial charge in [0.15, 0.2) is 5.78 Å². The van der Waals surface area contributed by atoms with Crippen LogP contribution in [0.15, 0.2) is 24.3 Å². The molecule has 1 unspecified atom stereocenters. The van der Waals surface area contributed by atoms with Crippen molar-refractivity contribution in [3.8, 4) is 0 Å². The van der Waals surface area contributed by atoms with Crippen molar-refractivity contribution < 1.29 is 18.7 Å². The Bertz CT molecular complexity index is 505. The summed E-state index contributed by atoms with van der Waals surface area (Å²) in [5, 5.41) is 0. The molecular weight excluding hydrogens is 273 g/mol. The van der Waals surface area contributed by atoms with Crippen molar-refractivity contribution in [1.29, 1.82) is 0 Å². The summed E-state index contributed by atoms with van der Waals surface area (Å²) in [7, 11) is 0. The molecule has 0 aliphatic carbocycles. The van der Waals surface area contributed by atoms with Crippen molar-refractivity contribution >= 4 is 11.9 Å². The molecule has 0 fully saturated rings. The van der Waals surface area contributed by atoms with Gasteiger partial charge < -0.3 is 10.5 Å². The standard InChI is InChI=1S/C16H22FNO3/c1-10(9-13(16(2,3)4)21-15(18)20)14(19)11-5-7-12(17)8-6-11/h5-8,10,13H,9H2,1-4H3,(H2,18,20)/t10?,13-/m0/s1. The smallest absolute Gasteiger partial charge is 0.404 e. The lowest BCUT2D eigenvalue weighted by atomic mass is 9.82. The van der Waals surface area contributed by atoms with Gasteiger partial charge in [0.05, 0.1) is 0 Å². The van der Waals surface area contributed by atoms with Crippen LogP contribution in [0, 0.1) is 17.2 Å². The number of amides is 1. The van der Waals surface area contributed by atoms with Gasteiger partial charge >= 0.3 is 6.09 Å². The molecule has 0 spiro atoms. The van der Waals surface area contributed by atoms with Gasteiger partial charge in [0.25, 0.3) is 0 Å². The van der Waals surface area contributed by atoms with Gasteiger partial charge in [-0.1, -0.05) is 27.7 Å². The summed E-state index contributed by atoms with van der Waals surface area (Å²) >= 11 is 0. The number of Topliss-reactive ketones (excluding diaryl/α,β-unsaturated/α-hetero) is 1. The van der Waals surface area contributed by atoms with E-state index in [0.717, 1.165) is 0 Å². The van der Waals surface area contributed by atoms with Gasteiger partial charge in [-0.15, -0.1) is 0 Å². The predicted octanol–water partition coefficient (Wildman–Crippen LogP) is 3.54. The van der Waals surface area contributed by atoms with E-state index in [-0.39, 0.29) is 22.9 Å². The largest absolute Gasteiger partial charge is 0.446 e. The average Bonchev–Trinajstić information content (AvgIpc) is 2.36.